The van der Waals surface area contributed by atoms with Gasteiger partial charge in [-0.1, -0.05) is 146 Å². The Hall–Kier alpha value is -7.70. The van der Waals surface area contributed by atoms with Crippen LogP contribution in [0.25, 0.3) is 99.8 Å². The van der Waals surface area contributed by atoms with Gasteiger partial charge in [-0.3, -0.25) is 0 Å². The number of hydrogen-bond acceptors (Lipinski definition) is 1. The molecule has 0 aliphatic carbocycles. The van der Waals surface area contributed by atoms with Crippen LogP contribution in [-0.4, -0.2) is 14.1 Å². The number of fused-ring (bicyclic) bond motifs is 6. The standard InChI is InChI=1S/C54H34F3N3/c55-54(56,57)40-33-51(59-47-25-12-10-21-41(47)43-31-38(27-29-49(43)59)35-15-4-1-5-16-35)53(46-24-14-23-45(58-46)37-19-8-3-9-20-37)52(34-40)60-48-26-13-11-22-42(48)44-32-39(28-30-50(44)60)36-17-6-2-7-18-36/h1-34H. The fourth-order valence-electron chi connectivity index (χ4n) is 8.82. The maximum Gasteiger partial charge on any atom is 0.416 e. The minimum absolute atomic E-state index is 0.378. The van der Waals surface area contributed by atoms with E-state index >= 15 is 13.2 Å². The Morgan fingerprint density at radius 2 is 0.750 bits per heavy atom. The Labute approximate surface area is 343 Å². The molecule has 3 heterocycles. The van der Waals surface area contributed by atoms with E-state index in [4.69, 9.17) is 4.98 Å². The van der Waals surface area contributed by atoms with Crippen molar-refractivity contribution >= 4 is 43.6 Å². The van der Waals surface area contributed by atoms with Gasteiger partial charge in [0.05, 0.1) is 50.4 Å². The van der Waals surface area contributed by atoms with Gasteiger partial charge in [0.2, 0.25) is 0 Å². The highest BCUT2D eigenvalue weighted by atomic mass is 19.4. The van der Waals surface area contributed by atoms with E-state index in [2.05, 4.69) is 36.4 Å². The molecule has 3 nitrogen and oxygen atoms in total. The summed E-state index contributed by atoms with van der Waals surface area (Å²) in [5, 5.41) is 3.75. The van der Waals surface area contributed by atoms with Crippen molar-refractivity contribution in [1.29, 1.82) is 0 Å². The van der Waals surface area contributed by atoms with Crippen LogP contribution in [0, 0.1) is 0 Å². The van der Waals surface area contributed by atoms with Crippen molar-refractivity contribution in [2.75, 3.05) is 0 Å². The molecule has 11 rings (SSSR count). The third-order valence-corrected chi connectivity index (χ3v) is 11.5. The molecule has 3 aromatic heterocycles. The normalized spacial score (nSPS) is 11.9. The maximum absolute atomic E-state index is 15.6. The predicted molar refractivity (Wildman–Crippen MR) is 240 cm³/mol. The van der Waals surface area contributed by atoms with Crippen molar-refractivity contribution in [3.63, 3.8) is 0 Å². The fraction of sp³-hybridized carbons (Fsp3) is 0.0185. The van der Waals surface area contributed by atoms with Gasteiger partial charge in [-0.05, 0) is 82.9 Å². The molecule has 0 fully saturated rings. The van der Waals surface area contributed by atoms with Crippen molar-refractivity contribution < 1.29 is 13.2 Å². The molecule has 11 aromatic rings. The van der Waals surface area contributed by atoms with Crippen LogP contribution >= 0.6 is 0 Å². The fourth-order valence-corrected chi connectivity index (χ4v) is 8.82. The number of nitrogens with zero attached hydrogens (tertiary/aromatic N) is 3. The molecule has 0 atom stereocenters. The molecule has 60 heavy (non-hydrogen) atoms. The molecule has 0 saturated carbocycles. The van der Waals surface area contributed by atoms with Crippen LogP contribution < -0.4 is 0 Å². The van der Waals surface area contributed by atoms with E-state index in [1.165, 1.54) is 12.1 Å². The average Bonchev–Trinajstić information content (AvgIpc) is 3.81. The van der Waals surface area contributed by atoms with Crippen LogP contribution in [0.5, 0.6) is 0 Å². The third-order valence-electron chi connectivity index (χ3n) is 11.5. The minimum Gasteiger partial charge on any atom is -0.308 e. The van der Waals surface area contributed by atoms with Crippen molar-refractivity contribution in [1.82, 2.24) is 14.1 Å². The van der Waals surface area contributed by atoms with Gasteiger partial charge in [0, 0.05) is 32.7 Å². The smallest absolute Gasteiger partial charge is 0.308 e. The predicted octanol–water partition coefficient (Wildman–Crippen LogP) is 15.0. The van der Waals surface area contributed by atoms with Gasteiger partial charge in [0.1, 0.15) is 0 Å². The SMILES string of the molecule is FC(F)(F)c1cc(-n2c3ccccc3c3cc(-c4ccccc4)ccc32)c(-c2cccc(-c3ccccc3)n2)c(-n2c3ccccc3c3cc(-c4ccccc4)ccc32)c1. The Kier molecular flexibility index (Phi) is 8.27. The number of para-hydroxylation sites is 2. The van der Waals surface area contributed by atoms with E-state index in [1.54, 1.807) is 0 Å². The number of rotatable bonds is 6. The Morgan fingerprint density at radius 1 is 0.333 bits per heavy atom. The van der Waals surface area contributed by atoms with E-state index in [0.717, 1.165) is 71.4 Å². The molecule has 6 heteroatoms. The number of alkyl halides is 3. The van der Waals surface area contributed by atoms with Crippen molar-refractivity contribution in [2.24, 2.45) is 0 Å². The lowest BCUT2D eigenvalue weighted by atomic mass is 10.00. The zero-order valence-electron chi connectivity index (χ0n) is 32.1. The molecule has 0 spiro atoms. The van der Waals surface area contributed by atoms with E-state index in [1.807, 2.05) is 167 Å². The molecule has 8 aromatic carbocycles. The second kappa shape index (κ2) is 14.0. The summed E-state index contributed by atoms with van der Waals surface area (Å²) in [5.74, 6) is 0. The summed E-state index contributed by atoms with van der Waals surface area (Å²) >= 11 is 0. The summed E-state index contributed by atoms with van der Waals surface area (Å²) in [6.07, 6.45) is -4.67. The number of benzene rings is 8. The molecule has 0 unspecified atom stereocenters. The van der Waals surface area contributed by atoms with E-state index < -0.39 is 11.7 Å². The van der Waals surface area contributed by atoms with E-state index in [-0.39, 0.29) is 0 Å². The zero-order chi connectivity index (χ0) is 40.4. The van der Waals surface area contributed by atoms with Gasteiger partial charge < -0.3 is 9.13 Å². The molecule has 0 aliphatic heterocycles. The molecule has 286 valence electrons. The number of pyridine rings is 1. The van der Waals surface area contributed by atoms with Gasteiger partial charge in [-0.25, -0.2) is 4.98 Å². The van der Waals surface area contributed by atoms with Gasteiger partial charge >= 0.3 is 6.18 Å². The second-order valence-electron chi connectivity index (χ2n) is 15.1. The second-order valence-corrected chi connectivity index (χ2v) is 15.1. The highest BCUT2D eigenvalue weighted by molar-refractivity contribution is 6.13. The molecule has 0 saturated heterocycles. The molecular weight excluding hydrogens is 748 g/mol. The Balaban J connectivity index is 1.28. The Morgan fingerprint density at radius 3 is 1.23 bits per heavy atom. The number of hydrogen-bond donors (Lipinski definition) is 0. The summed E-state index contributed by atoms with van der Waals surface area (Å²) < 4.78 is 50.6. The Bertz CT molecular complexity index is 3220. The first-order valence-corrected chi connectivity index (χ1v) is 19.9. The first-order valence-electron chi connectivity index (χ1n) is 19.9. The monoisotopic (exact) mass is 781 g/mol. The molecule has 0 radical (unpaired) electrons. The van der Waals surface area contributed by atoms with Crippen LogP contribution in [0.2, 0.25) is 0 Å². The van der Waals surface area contributed by atoms with Gasteiger partial charge in [-0.2, -0.15) is 13.2 Å². The quantitative estimate of drug-likeness (QED) is 0.165. The first kappa shape index (κ1) is 35.5. The summed E-state index contributed by atoms with van der Waals surface area (Å²) in [6, 6.07) is 66.9. The van der Waals surface area contributed by atoms with Crippen LogP contribution in [0.1, 0.15) is 5.56 Å². The van der Waals surface area contributed by atoms with Gasteiger partial charge in [-0.15, -0.1) is 0 Å². The highest BCUT2D eigenvalue weighted by Crippen LogP contribution is 2.46. The van der Waals surface area contributed by atoms with Crippen LogP contribution in [-0.2, 0) is 6.18 Å². The van der Waals surface area contributed by atoms with Crippen molar-refractivity contribution in [2.45, 2.75) is 6.18 Å². The average molecular weight is 782 g/mol. The van der Waals surface area contributed by atoms with Crippen molar-refractivity contribution in [3.05, 3.63) is 212 Å². The first-order chi connectivity index (χ1) is 29.4. The topological polar surface area (TPSA) is 22.8 Å². The summed E-state index contributed by atoms with van der Waals surface area (Å²) in [6.45, 7) is 0. The maximum atomic E-state index is 15.6. The summed E-state index contributed by atoms with van der Waals surface area (Å²) in [7, 11) is 0. The van der Waals surface area contributed by atoms with Crippen LogP contribution in [0.15, 0.2) is 206 Å². The summed E-state index contributed by atoms with van der Waals surface area (Å²) in [4.78, 5) is 5.27. The van der Waals surface area contributed by atoms with Crippen molar-refractivity contribution in [3.8, 4) is 56.1 Å². The molecular formula is C54H34F3N3. The van der Waals surface area contributed by atoms with Gasteiger partial charge in [0.25, 0.3) is 0 Å². The lowest BCUT2D eigenvalue weighted by molar-refractivity contribution is -0.137. The van der Waals surface area contributed by atoms with Crippen LogP contribution in [0.4, 0.5) is 13.2 Å². The molecule has 0 N–H and O–H groups in total. The largest absolute Gasteiger partial charge is 0.416 e. The number of aromatic nitrogens is 3. The zero-order valence-corrected chi connectivity index (χ0v) is 32.1. The van der Waals surface area contributed by atoms with Crippen LogP contribution in [0.3, 0.4) is 0 Å². The third kappa shape index (κ3) is 5.87. The van der Waals surface area contributed by atoms with Gasteiger partial charge in [0.15, 0.2) is 0 Å². The highest BCUT2D eigenvalue weighted by Gasteiger charge is 2.34. The lowest BCUT2D eigenvalue weighted by Crippen LogP contribution is -2.11. The molecule has 0 amide bonds. The van der Waals surface area contributed by atoms with E-state index in [0.29, 0.717) is 28.3 Å². The minimum atomic E-state index is -4.67. The summed E-state index contributed by atoms with van der Waals surface area (Å²) in [5.41, 5.74) is 10.1. The molecule has 0 bridgehead atoms. The number of halogens is 3. The van der Waals surface area contributed by atoms with E-state index in [9.17, 15) is 0 Å². The molecule has 0 aliphatic rings. The lowest BCUT2D eigenvalue weighted by Gasteiger charge is -2.22.